The molecule has 9 heteroatoms. The van der Waals surface area contributed by atoms with E-state index in [0.29, 0.717) is 18.3 Å². The van der Waals surface area contributed by atoms with Crippen molar-refractivity contribution in [2.75, 3.05) is 30.8 Å². The van der Waals surface area contributed by atoms with E-state index in [-0.39, 0.29) is 11.4 Å². The number of sulfonamides is 1. The van der Waals surface area contributed by atoms with E-state index in [1.54, 1.807) is 31.4 Å². The minimum atomic E-state index is -3.63. The molecule has 0 saturated carbocycles. The number of aromatic nitrogens is 2. The van der Waals surface area contributed by atoms with Gasteiger partial charge in [0.1, 0.15) is 11.6 Å². The van der Waals surface area contributed by atoms with Crippen LogP contribution in [0.1, 0.15) is 5.69 Å². The summed E-state index contributed by atoms with van der Waals surface area (Å²) in [5, 5.41) is 6.31. The summed E-state index contributed by atoms with van der Waals surface area (Å²) in [4.78, 5) is 9.05. The van der Waals surface area contributed by atoms with E-state index in [0.717, 1.165) is 28.3 Å². The fourth-order valence-corrected chi connectivity index (χ4v) is 4.47. The third kappa shape index (κ3) is 6.56. The number of ether oxygens (including phenoxy) is 1. The van der Waals surface area contributed by atoms with Crippen LogP contribution in [0.2, 0.25) is 0 Å². The van der Waals surface area contributed by atoms with Gasteiger partial charge in [0.25, 0.3) is 0 Å². The van der Waals surface area contributed by atoms with Crippen LogP contribution in [-0.4, -0.2) is 38.6 Å². The van der Waals surface area contributed by atoms with Gasteiger partial charge in [-0.15, -0.1) is 0 Å². The van der Waals surface area contributed by atoms with E-state index in [2.05, 4.69) is 25.3 Å². The predicted octanol–water partition coefficient (Wildman–Crippen LogP) is 4.59. The fourth-order valence-electron chi connectivity index (χ4n) is 3.43. The Morgan fingerprint density at radius 1 is 0.829 bits per heavy atom. The Hall–Kier alpha value is -3.95. The van der Waals surface area contributed by atoms with Gasteiger partial charge in [-0.3, -0.25) is 0 Å². The standard InChI is InChI=1S/C26H27N5O3S/c1-19-18-25(30-22-10-12-23(34-2)13-11-22)31-26(29-19)27-16-17-28-35(32,33)24-14-8-21(9-15-24)20-6-4-3-5-7-20/h3-15,18,28H,16-17H2,1-2H3,(H2,27,29,30,31). The molecule has 180 valence electrons. The molecule has 0 amide bonds. The van der Waals surface area contributed by atoms with E-state index in [1.165, 1.54) is 0 Å². The van der Waals surface area contributed by atoms with E-state index >= 15 is 0 Å². The van der Waals surface area contributed by atoms with Crippen molar-refractivity contribution in [2.45, 2.75) is 11.8 Å². The Bertz CT molecular complexity index is 1360. The SMILES string of the molecule is COc1ccc(Nc2cc(C)nc(NCCNS(=O)(=O)c3ccc(-c4ccccc4)cc3)n2)cc1. The third-order valence-electron chi connectivity index (χ3n) is 5.19. The van der Waals surface area contributed by atoms with Gasteiger partial charge in [-0.25, -0.2) is 18.1 Å². The van der Waals surface area contributed by atoms with Crippen LogP contribution in [0, 0.1) is 6.92 Å². The number of rotatable bonds is 10. The zero-order valence-electron chi connectivity index (χ0n) is 19.5. The largest absolute Gasteiger partial charge is 0.497 e. The zero-order chi connectivity index (χ0) is 24.7. The first kappa shape index (κ1) is 24.2. The molecule has 3 N–H and O–H groups in total. The maximum atomic E-state index is 12.7. The van der Waals surface area contributed by atoms with Crippen molar-refractivity contribution in [3.8, 4) is 16.9 Å². The molecule has 0 aliphatic carbocycles. The molecule has 4 rings (SSSR count). The number of nitrogens with one attached hydrogen (secondary N) is 3. The lowest BCUT2D eigenvalue weighted by Gasteiger charge is -2.11. The highest BCUT2D eigenvalue weighted by atomic mass is 32.2. The summed E-state index contributed by atoms with van der Waals surface area (Å²) in [6.45, 7) is 2.38. The third-order valence-corrected chi connectivity index (χ3v) is 6.67. The minimum Gasteiger partial charge on any atom is -0.497 e. The van der Waals surface area contributed by atoms with Gasteiger partial charge in [0, 0.05) is 30.5 Å². The normalized spacial score (nSPS) is 11.1. The molecule has 0 atom stereocenters. The van der Waals surface area contributed by atoms with E-state index in [4.69, 9.17) is 4.74 Å². The van der Waals surface area contributed by atoms with Gasteiger partial charge >= 0.3 is 0 Å². The fraction of sp³-hybridized carbons (Fsp3) is 0.154. The summed E-state index contributed by atoms with van der Waals surface area (Å²) in [6, 6.07) is 26.0. The lowest BCUT2D eigenvalue weighted by molar-refractivity contribution is 0.415. The number of hydrogen-bond donors (Lipinski definition) is 3. The number of anilines is 3. The van der Waals surface area contributed by atoms with Crippen LogP contribution in [0.4, 0.5) is 17.5 Å². The molecule has 4 aromatic rings. The van der Waals surface area contributed by atoms with Crippen LogP contribution in [0.25, 0.3) is 11.1 Å². The highest BCUT2D eigenvalue weighted by molar-refractivity contribution is 7.89. The van der Waals surface area contributed by atoms with Gasteiger partial charge in [0.2, 0.25) is 16.0 Å². The second-order valence-corrected chi connectivity index (χ2v) is 9.55. The summed E-state index contributed by atoms with van der Waals surface area (Å²) in [6.07, 6.45) is 0. The van der Waals surface area contributed by atoms with Gasteiger partial charge in [-0.1, -0.05) is 42.5 Å². The first-order valence-electron chi connectivity index (χ1n) is 11.1. The zero-order valence-corrected chi connectivity index (χ0v) is 20.3. The molecule has 0 bridgehead atoms. The van der Waals surface area contributed by atoms with Crippen molar-refractivity contribution >= 4 is 27.5 Å². The molecule has 0 aliphatic heterocycles. The monoisotopic (exact) mass is 489 g/mol. The minimum absolute atomic E-state index is 0.182. The Balaban J connectivity index is 1.32. The molecule has 1 aromatic heterocycles. The predicted molar refractivity (Wildman–Crippen MR) is 139 cm³/mol. The van der Waals surface area contributed by atoms with Crippen molar-refractivity contribution in [2.24, 2.45) is 0 Å². The summed E-state index contributed by atoms with van der Waals surface area (Å²) >= 11 is 0. The topological polar surface area (TPSA) is 105 Å². The maximum absolute atomic E-state index is 12.7. The van der Waals surface area contributed by atoms with E-state index < -0.39 is 10.0 Å². The summed E-state index contributed by atoms with van der Waals surface area (Å²) in [7, 11) is -2.01. The molecule has 8 nitrogen and oxygen atoms in total. The van der Waals surface area contributed by atoms with Crippen molar-refractivity contribution in [1.29, 1.82) is 0 Å². The van der Waals surface area contributed by atoms with Crippen molar-refractivity contribution in [1.82, 2.24) is 14.7 Å². The molecule has 0 aliphatic rings. The number of nitrogens with zero attached hydrogens (tertiary/aromatic N) is 2. The number of hydrogen-bond acceptors (Lipinski definition) is 7. The van der Waals surface area contributed by atoms with Crippen molar-refractivity contribution in [3.05, 3.63) is 90.6 Å². The van der Waals surface area contributed by atoms with Crippen LogP contribution >= 0.6 is 0 Å². The molecule has 0 fully saturated rings. The van der Waals surface area contributed by atoms with Crippen LogP contribution in [-0.2, 0) is 10.0 Å². The molecule has 1 heterocycles. The first-order chi connectivity index (χ1) is 16.9. The number of benzene rings is 3. The molecule has 3 aromatic carbocycles. The Morgan fingerprint density at radius 2 is 1.51 bits per heavy atom. The number of methoxy groups -OCH3 is 1. The molecule has 0 radical (unpaired) electrons. The van der Waals surface area contributed by atoms with Gasteiger partial charge in [-0.2, -0.15) is 4.98 Å². The van der Waals surface area contributed by atoms with Crippen LogP contribution in [0.3, 0.4) is 0 Å². The lowest BCUT2D eigenvalue weighted by atomic mass is 10.1. The van der Waals surface area contributed by atoms with Crippen LogP contribution in [0.5, 0.6) is 5.75 Å². The van der Waals surface area contributed by atoms with Gasteiger partial charge < -0.3 is 15.4 Å². The van der Waals surface area contributed by atoms with Gasteiger partial charge in [-0.05, 0) is 54.4 Å². The smallest absolute Gasteiger partial charge is 0.240 e. The highest BCUT2D eigenvalue weighted by Crippen LogP contribution is 2.21. The Morgan fingerprint density at radius 3 is 2.20 bits per heavy atom. The molecule has 35 heavy (non-hydrogen) atoms. The summed E-state index contributed by atoms with van der Waals surface area (Å²) in [5.74, 6) is 1.81. The summed E-state index contributed by atoms with van der Waals surface area (Å²) < 4.78 is 33.1. The molecule has 0 spiro atoms. The van der Waals surface area contributed by atoms with Gasteiger partial charge in [0.15, 0.2) is 0 Å². The Labute approximate surface area is 205 Å². The average Bonchev–Trinajstić information content (AvgIpc) is 2.87. The van der Waals surface area contributed by atoms with Crippen LogP contribution in [0.15, 0.2) is 89.8 Å². The Kier molecular flexibility index (Phi) is 7.59. The quantitative estimate of drug-likeness (QED) is 0.280. The molecule has 0 saturated heterocycles. The lowest BCUT2D eigenvalue weighted by Crippen LogP contribution is -2.29. The average molecular weight is 490 g/mol. The van der Waals surface area contributed by atoms with E-state index in [9.17, 15) is 8.42 Å². The number of aryl methyl sites for hydroxylation is 1. The second-order valence-electron chi connectivity index (χ2n) is 7.79. The molecular formula is C26H27N5O3S. The molecule has 0 unspecified atom stereocenters. The van der Waals surface area contributed by atoms with Crippen molar-refractivity contribution < 1.29 is 13.2 Å². The second kappa shape index (κ2) is 11.0. The maximum Gasteiger partial charge on any atom is 0.240 e. The molecular weight excluding hydrogens is 462 g/mol. The van der Waals surface area contributed by atoms with Crippen molar-refractivity contribution in [3.63, 3.8) is 0 Å². The van der Waals surface area contributed by atoms with Gasteiger partial charge in [0.05, 0.1) is 12.0 Å². The van der Waals surface area contributed by atoms with E-state index in [1.807, 2.05) is 67.6 Å². The van der Waals surface area contributed by atoms with Crippen LogP contribution < -0.4 is 20.1 Å². The summed E-state index contributed by atoms with van der Waals surface area (Å²) in [5.41, 5.74) is 3.63. The first-order valence-corrected chi connectivity index (χ1v) is 12.6. The highest BCUT2D eigenvalue weighted by Gasteiger charge is 2.13.